The molecule has 84 valence electrons. The molecule has 1 rings (SSSR count). The van der Waals surface area contributed by atoms with Crippen LogP contribution < -0.4 is 5.73 Å². The molecule has 0 aromatic heterocycles. The fourth-order valence-corrected chi connectivity index (χ4v) is 2.25. The predicted molar refractivity (Wildman–Crippen MR) is 59.3 cm³/mol. The molecule has 3 heteroatoms. The molecule has 0 spiro atoms. The van der Waals surface area contributed by atoms with Crippen molar-refractivity contribution >= 4 is 0 Å². The molecule has 1 aliphatic heterocycles. The number of nitrogens with two attached hydrogens (primary N) is 1. The molecule has 0 bridgehead atoms. The summed E-state index contributed by atoms with van der Waals surface area (Å²) in [5.74, 6) is 0.681. The molecule has 0 aromatic rings. The van der Waals surface area contributed by atoms with Gasteiger partial charge in [0.1, 0.15) is 0 Å². The molecule has 0 saturated carbocycles. The van der Waals surface area contributed by atoms with E-state index in [9.17, 15) is 0 Å². The third-order valence-corrected chi connectivity index (χ3v) is 3.35. The van der Waals surface area contributed by atoms with E-state index in [2.05, 4.69) is 18.7 Å². The Morgan fingerprint density at radius 1 is 1.57 bits per heavy atom. The zero-order chi connectivity index (χ0) is 10.6. The number of rotatable bonds is 5. The Morgan fingerprint density at radius 3 is 2.71 bits per heavy atom. The normalized spacial score (nSPS) is 27.9. The number of hydrogen-bond donors (Lipinski definition) is 1. The van der Waals surface area contributed by atoms with Crippen LogP contribution in [0.4, 0.5) is 0 Å². The molecule has 3 unspecified atom stereocenters. The Kier molecular flexibility index (Phi) is 4.85. The Balaban J connectivity index is 2.39. The van der Waals surface area contributed by atoms with Gasteiger partial charge in [0.25, 0.3) is 0 Å². The molecule has 1 fully saturated rings. The van der Waals surface area contributed by atoms with Crippen LogP contribution in [0, 0.1) is 5.92 Å². The number of methoxy groups -OCH3 is 1. The van der Waals surface area contributed by atoms with Crippen LogP contribution >= 0.6 is 0 Å². The fraction of sp³-hybridized carbons (Fsp3) is 1.00. The Labute approximate surface area is 87.6 Å². The van der Waals surface area contributed by atoms with Gasteiger partial charge in [-0.25, -0.2) is 0 Å². The molecule has 0 aromatic carbocycles. The van der Waals surface area contributed by atoms with Gasteiger partial charge in [-0.2, -0.15) is 0 Å². The van der Waals surface area contributed by atoms with Gasteiger partial charge in [-0.15, -0.1) is 0 Å². The maximum Gasteiger partial charge on any atom is 0.0617 e. The van der Waals surface area contributed by atoms with E-state index in [0.717, 1.165) is 13.2 Å². The molecule has 3 atom stereocenters. The van der Waals surface area contributed by atoms with Gasteiger partial charge in [0.05, 0.1) is 6.61 Å². The maximum atomic E-state index is 5.92. The first-order valence-electron chi connectivity index (χ1n) is 5.67. The van der Waals surface area contributed by atoms with Gasteiger partial charge in [-0.05, 0) is 32.2 Å². The van der Waals surface area contributed by atoms with Crippen molar-refractivity contribution in [2.75, 3.05) is 26.8 Å². The van der Waals surface area contributed by atoms with Crippen LogP contribution in [-0.4, -0.2) is 43.8 Å². The summed E-state index contributed by atoms with van der Waals surface area (Å²) < 4.78 is 5.23. The van der Waals surface area contributed by atoms with E-state index in [0.29, 0.717) is 18.0 Å². The van der Waals surface area contributed by atoms with Crippen LogP contribution in [0.1, 0.15) is 26.7 Å². The summed E-state index contributed by atoms with van der Waals surface area (Å²) in [6.45, 7) is 7.53. The number of likely N-dealkylation sites (tertiary alicyclic amines) is 1. The first-order valence-corrected chi connectivity index (χ1v) is 5.67. The largest absolute Gasteiger partial charge is 0.383 e. The Morgan fingerprint density at radius 2 is 2.29 bits per heavy atom. The lowest BCUT2D eigenvalue weighted by Crippen LogP contribution is -2.38. The van der Waals surface area contributed by atoms with E-state index in [1.54, 1.807) is 7.11 Å². The lowest BCUT2D eigenvalue weighted by atomic mass is 10.0. The minimum atomic E-state index is 0.333. The van der Waals surface area contributed by atoms with Gasteiger partial charge in [0.15, 0.2) is 0 Å². The van der Waals surface area contributed by atoms with Gasteiger partial charge in [0.2, 0.25) is 0 Å². The van der Waals surface area contributed by atoms with E-state index >= 15 is 0 Å². The highest BCUT2D eigenvalue weighted by Crippen LogP contribution is 2.21. The Bertz CT molecular complexity index is 161. The summed E-state index contributed by atoms with van der Waals surface area (Å²) in [6.07, 6.45) is 2.41. The van der Waals surface area contributed by atoms with Gasteiger partial charge in [-0.1, -0.05) is 6.92 Å². The third-order valence-electron chi connectivity index (χ3n) is 3.35. The molecule has 1 heterocycles. The van der Waals surface area contributed by atoms with E-state index in [1.165, 1.54) is 19.4 Å². The van der Waals surface area contributed by atoms with E-state index in [4.69, 9.17) is 10.5 Å². The van der Waals surface area contributed by atoms with Crippen LogP contribution in [0.15, 0.2) is 0 Å². The summed E-state index contributed by atoms with van der Waals surface area (Å²) in [4.78, 5) is 2.53. The predicted octanol–water partition coefficient (Wildman–Crippen LogP) is 1.08. The minimum Gasteiger partial charge on any atom is -0.383 e. The molecule has 1 saturated heterocycles. The van der Waals surface area contributed by atoms with Crippen molar-refractivity contribution < 1.29 is 4.74 Å². The lowest BCUT2D eigenvalue weighted by Gasteiger charge is -2.26. The van der Waals surface area contributed by atoms with Crippen molar-refractivity contribution in [3.05, 3.63) is 0 Å². The lowest BCUT2D eigenvalue weighted by molar-refractivity contribution is 0.0998. The quantitative estimate of drug-likeness (QED) is 0.722. The monoisotopic (exact) mass is 200 g/mol. The number of hydrogen-bond acceptors (Lipinski definition) is 3. The van der Waals surface area contributed by atoms with Crippen LogP contribution in [0.3, 0.4) is 0 Å². The smallest absolute Gasteiger partial charge is 0.0617 e. The topological polar surface area (TPSA) is 38.5 Å². The van der Waals surface area contributed by atoms with Gasteiger partial charge < -0.3 is 10.5 Å². The van der Waals surface area contributed by atoms with Crippen LogP contribution in [0.5, 0.6) is 0 Å². The zero-order valence-corrected chi connectivity index (χ0v) is 9.70. The second-order valence-corrected chi connectivity index (χ2v) is 4.42. The zero-order valence-electron chi connectivity index (χ0n) is 9.70. The van der Waals surface area contributed by atoms with E-state index in [1.807, 2.05) is 0 Å². The standard InChI is InChI=1S/C11H24N2O/c1-4-11(8-14-3)13-6-5-10(7-13)9(2)12/h9-11H,4-8,12H2,1-3H3. The maximum absolute atomic E-state index is 5.92. The van der Waals surface area contributed by atoms with Crippen LogP contribution in [0.2, 0.25) is 0 Å². The minimum absolute atomic E-state index is 0.333. The van der Waals surface area contributed by atoms with Crippen molar-refractivity contribution in [2.45, 2.75) is 38.8 Å². The number of nitrogens with zero attached hydrogens (tertiary/aromatic N) is 1. The van der Waals surface area contributed by atoms with Gasteiger partial charge in [0, 0.05) is 25.7 Å². The molecule has 0 amide bonds. The summed E-state index contributed by atoms with van der Waals surface area (Å²) in [5.41, 5.74) is 5.92. The van der Waals surface area contributed by atoms with Crippen molar-refractivity contribution in [3.63, 3.8) is 0 Å². The van der Waals surface area contributed by atoms with E-state index < -0.39 is 0 Å². The molecule has 0 radical (unpaired) electrons. The highest BCUT2D eigenvalue weighted by molar-refractivity contribution is 4.84. The molecule has 3 nitrogen and oxygen atoms in total. The molecule has 0 aliphatic carbocycles. The van der Waals surface area contributed by atoms with Gasteiger partial charge in [-0.3, -0.25) is 4.90 Å². The fourth-order valence-electron chi connectivity index (χ4n) is 2.25. The van der Waals surface area contributed by atoms with Gasteiger partial charge >= 0.3 is 0 Å². The average Bonchev–Trinajstić information content (AvgIpc) is 2.63. The first kappa shape index (κ1) is 12.0. The molecular formula is C11H24N2O. The molecule has 1 aliphatic rings. The number of ether oxygens (including phenoxy) is 1. The first-order chi connectivity index (χ1) is 6.69. The summed E-state index contributed by atoms with van der Waals surface area (Å²) in [7, 11) is 1.78. The van der Waals surface area contributed by atoms with Crippen molar-refractivity contribution in [1.29, 1.82) is 0 Å². The second-order valence-electron chi connectivity index (χ2n) is 4.42. The Hall–Kier alpha value is -0.120. The van der Waals surface area contributed by atoms with Crippen molar-refractivity contribution in [2.24, 2.45) is 11.7 Å². The summed E-state index contributed by atoms with van der Waals surface area (Å²) >= 11 is 0. The molecular weight excluding hydrogens is 176 g/mol. The SMILES string of the molecule is CCC(COC)N1CCC(C(C)N)C1. The summed E-state index contributed by atoms with van der Waals surface area (Å²) in [5, 5.41) is 0. The van der Waals surface area contributed by atoms with Crippen LogP contribution in [0.25, 0.3) is 0 Å². The second kappa shape index (κ2) is 5.69. The van der Waals surface area contributed by atoms with Crippen molar-refractivity contribution in [3.8, 4) is 0 Å². The van der Waals surface area contributed by atoms with Crippen LogP contribution in [-0.2, 0) is 4.74 Å². The third kappa shape index (κ3) is 2.94. The molecule has 14 heavy (non-hydrogen) atoms. The van der Waals surface area contributed by atoms with E-state index in [-0.39, 0.29) is 0 Å². The summed E-state index contributed by atoms with van der Waals surface area (Å²) in [6, 6.07) is 0.920. The highest BCUT2D eigenvalue weighted by Gasteiger charge is 2.28. The van der Waals surface area contributed by atoms with Crippen molar-refractivity contribution in [1.82, 2.24) is 4.90 Å². The highest BCUT2D eigenvalue weighted by atomic mass is 16.5. The molecule has 2 N–H and O–H groups in total. The average molecular weight is 200 g/mol.